The first kappa shape index (κ1) is 9.38. The fraction of sp³-hybridized carbons (Fsp3) is 0.900. The van der Waals surface area contributed by atoms with Crippen LogP contribution in [0.1, 0.15) is 32.1 Å². The van der Waals surface area contributed by atoms with Gasteiger partial charge < -0.3 is 5.11 Å². The molecular formula is C10H16O2S. The van der Waals surface area contributed by atoms with Crippen LogP contribution < -0.4 is 0 Å². The predicted octanol–water partition coefficient (Wildman–Crippen LogP) is 2.38. The van der Waals surface area contributed by atoms with Crippen LogP contribution >= 0.6 is 11.8 Å². The number of aliphatic carboxylic acids is 1. The molecule has 2 rings (SSSR count). The van der Waals surface area contributed by atoms with E-state index in [1.165, 1.54) is 25.7 Å². The third-order valence-electron chi connectivity index (χ3n) is 3.32. The van der Waals surface area contributed by atoms with Crippen molar-refractivity contribution in [1.29, 1.82) is 0 Å². The highest BCUT2D eigenvalue weighted by molar-refractivity contribution is 8.00. The number of thioether (sulfide) groups is 1. The summed E-state index contributed by atoms with van der Waals surface area (Å²) in [5.74, 6) is 1.65. The zero-order chi connectivity index (χ0) is 9.26. The Hall–Kier alpha value is -0.180. The SMILES string of the molecule is O=C(O)CC1CSC2CCCCC12. The van der Waals surface area contributed by atoms with Crippen molar-refractivity contribution in [1.82, 2.24) is 0 Å². The first-order valence-corrected chi connectivity index (χ1v) is 6.15. The molecule has 0 spiro atoms. The summed E-state index contributed by atoms with van der Waals surface area (Å²) in [4.78, 5) is 10.6. The second kappa shape index (κ2) is 3.91. The summed E-state index contributed by atoms with van der Waals surface area (Å²) < 4.78 is 0. The average molecular weight is 200 g/mol. The summed E-state index contributed by atoms with van der Waals surface area (Å²) in [5.41, 5.74) is 0. The lowest BCUT2D eigenvalue weighted by Gasteiger charge is -2.27. The van der Waals surface area contributed by atoms with Crippen LogP contribution in [0.3, 0.4) is 0 Å². The van der Waals surface area contributed by atoms with Gasteiger partial charge in [0.2, 0.25) is 0 Å². The minimum Gasteiger partial charge on any atom is -0.481 e. The van der Waals surface area contributed by atoms with Gasteiger partial charge in [-0.1, -0.05) is 12.8 Å². The van der Waals surface area contributed by atoms with E-state index in [4.69, 9.17) is 5.11 Å². The van der Waals surface area contributed by atoms with Gasteiger partial charge in [-0.15, -0.1) is 0 Å². The van der Waals surface area contributed by atoms with E-state index in [1.54, 1.807) is 0 Å². The molecule has 74 valence electrons. The second-order valence-electron chi connectivity index (χ2n) is 4.18. The monoisotopic (exact) mass is 200 g/mol. The third kappa shape index (κ3) is 2.01. The minimum absolute atomic E-state index is 0.397. The van der Waals surface area contributed by atoms with Gasteiger partial charge in [0.05, 0.1) is 0 Å². The highest BCUT2D eigenvalue weighted by Gasteiger charge is 2.38. The van der Waals surface area contributed by atoms with Crippen molar-refractivity contribution in [3.05, 3.63) is 0 Å². The van der Waals surface area contributed by atoms with Gasteiger partial charge in [-0.25, -0.2) is 0 Å². The van der Waals surface area contributed by atoms with E-state index < -0.39 is 5.97 Å². The lowest BCUT2D eigenvalue weighted by atomic mass is 9.79. The Morgan fingerprint density at radius 2 is 2.15 bits per heavy atom. The molecule has 0 aromatic carbocycles. The zero-order valence-corrected chi connectivity index (χ0v) is 8.55. The molecule has 2 aliphatic rings. The molecule has 13 heavy (non-hydrogen) atoms. The first-order valence-electron chi connectivity index (χ1n) is 5.11. The lowest BCUT2D eigenvalue weighted by Crippen LogP contribution is -2.24. The molecule has 3 atom stereocenters. The Morgan fingerprint density at radius 3 is 2.92 bits per heavy atom. The van der Waals surface area contributed by atoms with Gasteiger partial charge in [0.15, 0.2) is 0 Å². The molecule has 1 aliphatic heterocycles. The Balaban J connectivity index is 1.94. The highest BCUT2D eigenvalue weighted by Crippen LogP contribution is 2.46. The van der Waals surface area contributed by atoms with E-state index in [1.807, 2.05) is 11.8 Å². The third-order valence-corrected chi connectivity index (χ3v) is 4.95. The van der Waals surface area contributed by atoms with Gasteiger partial charge in [-0.3, -0.25) is 4.79 Å². The van der Waals surface area contributed by atoms with Crippen LogP contribution in [-0.2, 0) is 4.79 Å². The van der Waals surface area contributed by atoms with Crippen LogP contribution in [0.2, 0.25) is 0 Å². The number of rotatable bonds is 2. The maximum absolute atomic E-state index is 10.6. The molecule has 0 aromatic heterocycles. The summed E-state index contributed by atoms with van der Waals surface area (Å²) in [6.45, 7) is 0. The van der Waals surface area contributed by atoms with Crippen LogP contribution in [0, 0.1) is 11.8 Å². The Morgan fingerprint density at radius 1 is 1.38 bits per heavy atom. The normalized spacial score (nSPS) is 38.6. The minimum atomic E-state index is -0.614. The van der Waals surface area contributed by atoms with Crippen molar-refractivity contribution >= 4 is 17.7 Å². The van der Waals surface area contributed by atoms with Gasteiger partial charge in [0, 0.05) is 11.7 Å². The number of carboxylic acids is 1. The number of carbonyl (C=O) groups is 1. The van der Waals surface area contributed by atoms with Gasteiger partial charge in [0.1, 0.15) is 0 Å². The largest absolute Gasteiger partial charge is 0.481 e. The van der Waals surface area contributed by atoms with E-state index in [2.05, 4.69) is 0 Å². The molecule has 1 heterocycles. The number of hydrogen-bond donors (Lipinski definition) is 1. The zero-order valence-electron chi connectivity index (χ0n) is 7.74. The molecule has 0 bridgehead atoms. The standard InChI is InChI=1S/C10H16O2S/c11-10(12)5-7-6-13-9-4-2-1-3-8(7)9/h7-9H,1-6H2,(H,11,12). The van der Waals surface area contributed by atoms with Crippen LogP contribution in [0.4, 0.5) is 0 Å². The molecule has 3 heteroatoms. The Labute approximate surface area is 83.1 Å². The molecule has 1 aliphatic carbocycles. The van der Waals surface area contributed by atoms with Gasteiger partial charge in [0.25, 0.3) is 0 Å². The summed E-state index contributed by atoms with van der Waals surface area (Å²) in [5, 5.41) is 9.54. The smallest absolute Gasteiger partial charge is 0.303 e. The molecular weight excluding hydrogens is 184 g/mol. The maximum atomic E-state index is 10.6. The van der Waals surface area contributed by atoms with E-state index in [-0.39, 0.29) is 0 Å². The van der Waals surface area contributed by atoms with Crippen molar-refractivity contribution < 1.29 is 9.90 Å². The van der Waals surface area contributed by atoms with Crippen molar-refractivity contribution in [3.8, 4) is 0 Å². The fourth-order valence-corrected chi connectivity index (χ4v) is 4.48. The van der Waals surface area contributed by atoms with Crippen LogP contribution in [-0.4, -0.2) is 22.1 Å². The van der Waals surface area contributed by atoms with Gasteiger partial charge >= 0.3 is 5.97 Å². The van der Waals surface area contributed by atoms with Crippen molar-refractivity contribution in [2.24, 2.45) is 11.8 Å². The van der Waals surface area contributed by atoms with Gasteiger partial charge in [-0.2, -0.15) is 11.8 Å². The summed E-state index contributed by atoms with van der Waals surface area (Å²) in [6.07, 6.45) is 5.67. The lowest BCUT2D eigenvalue weighted by molar-refractivity contribution is -0.138. The van der Waals surface area contributed by atoms with Crippen molar-refractivity contribution in [2.45, 2.75) is 37.4 Å². The number of hydrogen-bond acceptors (Lipinski definition) is 2. The molecule has 3 unspecified atom stereocenters. The quantitative estimate of drug-likeness (QED) is 0.743. The number of carboxylic acid groups (broad SMARTS) is 1. The summed E-state index contributed by atoms with van der Waals surface area (Å²) in [7, 11) is 0. The molecule has 1 saturated carbocycles. The van der Waals surface area contributed by atoms with Crippen molar-refractivity contribution in [3.63, 3.8) is 0 Å². The summed E-state index contributed by atoms with van der Waals surface area (Å²) >= 11 is 2.01. The Bertz CT molecular complexity index is 205. The second-order valence-corrected chi connectivity index (χ2v) is 5.45. The van der Waals surface area contributed by atoms with Gasteiger partial charge in [-0.05, 0) is 30.4 Å². The first-order chi connectivity index (χ1) is 6.27. The molecule has 0 aromatic rings. The molecule has 1 N–H and O–H groups in total. The van der Waals surface area contributed by atoms with Crippen LogP contribution in [0.25, 0.3) is 0 Å². The van der Waals surface area contributed by atoms with E-state index >= 15 is 0 Å². The Kier molecular flexibility index (Phi) is 2.82. The summed E-state index contributed by atoms with van der Waals surface area (Å²) in [6, 6.07) is 0. The molecule has 2 fully saturated rings. The molecule has 1 saturated heterocycles. The fourth-order valence-electron chi connectivity index (χ4n) is 2.68. The van der Waals surface area contributed by atoms with E-state index in [9.17, 15) is 4.79 Å². The topological polar surface area (TPSA) is 37.3 Å². The number of fused-ring (bicyclic) bond motifs is 1. The van der Waals surface area contributed by atoms with E-state index in [0.717, 1.165) is 16.9 Å². The average Bonchev–Trinajstić information content (AvgIpc) is 2.48. The van der Waals surface area contributed by atoms with E-state index in [0.29, 0.717) is 12.3 Å². The predicted molar refractivity (Wildman–Crippen MR) is 53.9 cm³/mol. The molecule has 2 nitrogen and oxygen atoms in total. The van der Waals surface area contributed by atoms with Crippen molar-refractivity contribution in [2.75, 3.05) is 5.75 Å². The van der Waals surface area contributed by atoms with Crippen LogP contribution in [0.15, 0.2) is 0 Å². The van der Waals surface area contributed by atoms with Crippen LogP contribution in [0.5, 0.6) is 0 Å². The highest BCUT2D eigenvalue weighted by atomic mass is 32.2. The molecule has 0 amide bonds. The molecule has 0 radical (unpaired) electrons. The maximum Gasteiger partial charge on any atom is 0.303 e.